The highest BCUT2D eigenvalue weighted by molar-refractivity contribution is 6.05. The number of carbonyl (C=O) groups excluding carboxylic acids is 7. The van der Waals surface area contributed by atoms with Crippen LogP contribution >= 0.6 is 0 Å². The average molecular weight is 816 g/mol. The van der Waals surface area contributed by atoms with Crippen molar-refractivity contribution in [2.45, 2.75) is 142 Å². The number of hydrogen-bond acceptors (Lipinski definition) is 12. The molecule has 2 aliphatic rings. The Kier molecular flexibility index (Phi) is 17.7. The molecular formula is C42H65N5O11. The van der Waals surface area contributed by atoms with Gasteiger partial charge in [-0.15, -0.1) is 0 Å². The molecule has 5 N–H and O–H groups in total. The minimum Gasteiger partial charge on any atom is -0.497 e. The fourth-order valence-corrected chi connectivity index (χ4v) is 7.30. The maximum Gasteiger partial charge on any atom is 0.329 e. The Morgan fingerprint density at radius 2 is 1.57 bits per heavy atom. The van der Waals surface area contributed by atoms with E-state index in [4.69, 9.17) is 19.9 Å². The van der Waals surface area contributed by atoms with E-state index in [1.54, 1.807) is 45.0 Å². The molecule has 1 aromatic carbocycles. The highest BCUT2D eigenvalue weighted by Crippen LogP contribution is 2.25. The first-order valence-electron chi connectivity index (χ1n) is 20.4. The van der Waals surface area contributed by atoms with Crippen molar-refractivity contribution in [3.8, 4) is 5.75 Å². The van der Waals surface area contributed by atoms with Gasteiger partial charge in [-0.1, -0.05) is 60.1 Å². The Balaban J connectivity index is 2.11. The van der Waals surface area contributed by atoms with Gasteiger partial charge in [0, 0.05) is 20.0 Å². The predicted octanol–water partition coefficient (Wildman–Crippen LogP) is 1.91. The number of Topliss-reactive ketones (excluding diaryl/α,β-unsaturated/α-hetero) is 1. The minimum atomic E-state index is -1.47. The lowest BCUT2D eigenvalue weighted by Crippen LogP contribution is -2.58. The van der Waals surface area contributed by atoms with Gasteiger partial charge in [0.2, 0.25) is 23.6 Å². The predicted molar refractivity (Wildman–Crippen MR) is 214 cm³/mol. The number of nitrogens with zero attached hydrogens (tertiary/aromatic N) is 2. The lowest BCUT2D eigenvalue weighted by molar-refractivity contribution is -0.162. The number of nitrogens with one attached hydrogen (secondary N) is 2. The number of cyclic esters (lactones) is 2. The summed E-state index contributed by atoms with van der Waals surface area (Å²) in [5.41, 5.74) is 7.01. The van der Waals surface area contributed by atoms with Crippen molar-refractivity contribution in [1.82, 2.24) is 20.4 Å². The summed E-state index contributed by atoms with van der Waals surface area (Å²) >= 11 is 0. The lowest BCUT2D eigenvalue weighted by atomic mass is 9.91. The van der Waals surface area contributed by atoms with Gasteiger partial charge in [-0.05, 0) is 68.6 Å². The first kappa shape index (κ1) is 47.8. The molecule has 2 saturated heterocycles. The number of benzene rings is 1. The summed E-state index contributed by atoms with van der Waals surface area (Å²) < 4.78 is 16.7. The molecule has 10 atom stereocenters. The van der Waals surface area contributed by atoms with Crippen LogP contribution in [0.2, 0.25) is 0 Å². The zero-order valence-electron chi connectivity index (χ0n) is 35.7. The topological polar surface area (TPSA) is 224 Å². The summed E-state index contributed by atoms with van der Waals surface area (Å²) in [6, 6.07) is 1.21. The number of methoxy groups -OCH3 is 1. The maximum absolute atomic E-state index is 14.4. The molecule has 2 aliphatic heterocycles. The van der Waals surface area contributed by atoms with Crippen LogP contribution in [0.3, 0.4) is 0 Å². The molecule has 0 bridgehead atoms. The van der Waals surface area contributed by atoms with E-state index in [9.17, 15) is 38.7 Å². The van der Waals surface area contributed by atoms with Crippen molar-refractivity contribution in [3.05, 3.63) is 29.8 Å². The number of rotatable bonds is 8. The zero-order chi connectivity index (χ0) is 43.6. The van der Waals surface area contributed by atoms with E-state index in [-0.39, 0.29) is 31.2 Å². The van der Waals surface area contributed by atoms with E-state index in [1.165, 1.54) is 37.8 Å². The number of carbonyl (C=O) groups is 7. The number of aliphatic hydroxyl groups is 1. The van der Waals surface area contributed by atoms with Crippen molar-refractivity contribution in [3.63, 3.8) is 0 Å². The number of hydrogen-bond donors (Lipinski definition) is 4. The Labute approximate surface area is 342 Å². The number of likely N-dealkylation sites (N-methyl/N-ethyl adjacent to an activating group) is 1. The lowest BCUT2D eigenvalue weighted by Gasteiger charge is -2.35. The Bertz CT molecular complexity index is 1620. The first-order chi connectivity index (χ1) is 27.2. The van der Waals surface area contributed by atoms with Gasteiger partial charge in [0.15, 0.2) is 11.9 Å². The van der Waals surface area contributed by atoms with Gasteiger partial charge < -0.3 is 45.5 Å². The molecule has 3 rings (SSSR count). The number of aliphatic hydroxyl groups excluding tert-OH is 1. The molecule has 2 fully saturated rings. The molecule has 1 aromatic rings. The van der Waals surface area contributed by atoms with E-state index in [0.717, 1.165) is 0 Å². The van der Waals surface area contributed by atoms with Crippen LogP contribution in [0.4, 0.5) is 0 Å². The second-order valence-electron chi connectivity index (χ2n) is 16.5. The Morgan fingerprint density at radius 1 is 0.931 bits per heavy atom. The van der Waals surface area contributed by atoms with Crippen molar-refractivity contribution in [1.29, 1.82) is 0 Å². The number of nitrogens with two attached hydrogens (primary N) is 1. The molecule has 0 spiro atoms. The molecule has 0 radical (unpaired) electrons. The Hall–Kier alpha value is -4.57. The third-order valence-corrected chi connectivity index (χ3v) is 11.2. The maximum atomic E-state index is 14.4. The quantitative estimate of drug-likeness (QED) is 0.218. The van der Waals surface area contributed by atoms with Crippen LogP contribution < -0.4 is 21.1 Å². The number of esters is 2. The van der Waals surface area contributed by atoms with Crippen LogP contribution in [0.1, 0.15) is 93.1 Å². The monoisotopic (exact) mass is 815 g/mol. The van der Waals surface area contributed by atoms with Crippen LogP contribution in [0.5, 0.6) is 5.75 Å². The molecule has 2 heterocycles. The third kappa shape index (κ3) is 12.2. The van der Waals surface area contributed by atoms with Crippen molar-refractivity contribution in [2.75, 3.05) is 20.7 Å². The van der Waals surface area contributed by atoms with Crippen LogP contribution in [0, 0.1) is 23.7 Å². The SMILES string of the molecule is CC[C@H](C)C1NC(=O)[C@@H](N)[C@@H](C)OC(=O)C(Cc2ccc(OC)cc2)N(C)C(=O)[C@@H]2CCCN2C(=O)C(CC(C)C)NC(=O)[C@@H](C)C(=O)C(C(C)C)OC(=O)C[C@@H]1O. The van der Waals surface area contributed by atoms with Gasteiger partial charge in [0.25, 0.3) is 0 Å². The van der Waals surface area contributed by atoms with E-state index in [2.05, 4.69) is 10.6 Å². The molecular weight excluding hydrogens is 750 g/mol. The highest BCUT2D eigenvalue weighted by Gasteiger charge is 2.43. The van der Waals surface area contributed by atoms with Crippen LogP contribution in [0.25, 0.3) is 0 Å². The number of amides is 4. The second-order valence-corrected chi connectivity index (χ2v) is 16.5. The minimum absolute atomic E-state index is 0.00753. The molecule has 4 amide bonds. The summed E-state index contributed by atoms with van der Waals surface area (Å²) in [5.74, 6) is -6.77. The van der Waals surface area contributed by atoms with Crippen LogP contribution in [-0.4, -0.2) is 125 Å². The van der Waals surface area contributed by atoms with Gasteiger partial charge in [0.1, 0.15) is 36.0 Å². The number of fused-ring (bicyclic) bond motifs is 1. The molecule has 16 nitrogen and oxygen atoms in total. The molecule has 58 heavy (non-hydrogen) atoms. The third-order valence-electron chi connectivity index (χ3n) is 11.2. The smallest absolute Gasteiger partial charge is 0.329 e. The summed E-state index contributed by atoms with van der Waals surface area (Å²) in [6.45, 7) is 13.7. The summed E-state index contributed by atoms with van der Waals surface area (Å²) in [6.07, 6.45) is -3.15. The molecule has 0 aromatic heterocycles. The molecule has 0 saturated carbocycles. The fraction of sp³-hybridized carbons (Fsp3) is 0.690. The standard InChI is InChI=1S/C42H65N5O11/c1-11-24(6)35-32(48)21-33(49)58-37(23(4)5)36(50)25(7)38(51)44-29(19-22(2)3)40(53)47-18-12-13-30(47)41(54)46(9)31(20-27-14-16-28(56-10)17-15-27)42(55)57-26(8)34(43)39(52)45-35/h14-17,22-26,29-32,34-35,37,48H,11-13,18-21,43H2,1-10H3,(H,44,51)(H,45,52)/t24-,25-,26+,29?,30-,31?,32-,34-,35?,37?/m0/s1. The average Bonchev–Trinajstić information content (AvgIpc) is 3.68. The second kappa shape index (κ2) is 21.4. The van der Waals surface area contributed by atoms with E-state index in [0.29, 0.717) is 30.6 Å². The summed E-state index contributed by atoms with van der Waals surface area (Å²) in [7, 11) is 2.97. The molecule has 0 aliphatic carbocycles. The molecule has 16 heteroatoms. The number of ether oxygens (including phenoxy) is 3. The summed E-state index contributed by atoms with van der Waals surface area (Å²) in [5, 5.41) is 16.7. The van der Waals surface area contributed by atoms with Gasteiger partial charge in [0.05, 0.1) is 31.6 Å². The number of ketones is 1. The van der Waals surface area contributed by atoms with E-state index < -0.39 is 108 Å². The molecule has 4 unspecified atom stereocenters. The highest BCUT2D eigenvalue weighted by atomic mass is 16.6. The first-order valence-corrected chi connectivity index (χ1v) is 20.4. The van der Waals surface area contributed by atoms with Crippen molar-refractivity contribution < 1.29 is 52.9 Å². The Morgan fingerprint density at radius 3 is 2.14 bits per heavy atom. The van der Waals surface area contributed by atoms with Gasteiger partial charge in [-0.3, -0.25) is 28.8 Å². The van der Waals surface area contributed by atoms with Crippen LogP contribution in [0.15, 0.2) is 24.3 Å². The largest absolute Gasteiger partial charge is 0.497 e. The van der Waals surface area contributed by atoms with Crippen molar-refractivity contribution in [2.24, 2.45) is 29.4 Å². The van der Waals surface area contributed by atoms with E-state index in [1.807, 2.05) is 20.8 Å². The van der Waals surface area contributed by atoms with Gasteiger partial charge >= 0.3 is 11.9 Å². The zero-order valence-corrected chi connectivity index (χ0v) is 35.7. The van der Waals surface area contributed by atoms with E-state index >= 15 is 0 Å². The van der Waals surface area contributed by atoms with Crippen molar-refractivity contribution >= 4 is 41.4 Å². The molecule has 324 valence electrons. The van der Waals surface area contributed by atoms with Gasteiger partial charge in [-0.2, -0.15) is 0 Å². The van der Waals surface area contributed by atoms with Crippen LogP contribution in [-0.2, 0) is 49.5 Å². The summed E-state index contributed by atoms with van der Waals surface area (Å²) in [4.78, 5) is 99.7. The normalized spacial score (nSPS) is 29.8. The fourth-order valence-electron chi connectivity index (χ4n) is 7.30. The van der Waals surface area contributed by atoms with Gasteiger partial charge in [-0.25, -0.2) is 4.79 Å².